The van der Waals surface area contributed by atoms with E-state index >= 15 is 0 Å². The molecule has 4 nitrogen and oxygen atoms in total. The number of rotatable bonds is 3. The minimum absolute atomic E-state index is 0.738. The molecule has 0 bridgehead atoms. The highest BCUT2D eigenvalue weighted by atomic mass is 15.1. The summed E-state index contributed by atoms with van der Waals surface area (Å²) >= 11 is 0. The van der Waals surface area contributed by atoms with Crippen LogP contribution in [0, 0.1) is 5.92 Å². The van der Waals surface area contributed by atoms with Crippen molar-refractivity contribution < 1.29 is 0 Å². The average molecular weight is 242 g/mol. The molecular formula is C14H18N4. The quantitative estimate of drug-likeness (QED) is 0.893. The van der Waals surface area contributed by atoms with E-state index in [0.29, 0.717) is 0 Å². The minimum atomic E-state index is 0.738. The zero-order valence-electron chi connectivity index (χ0n) is 10.6. The summed E-state index contributed by atoms with van der Waals surface area (Å²) in [6, 6.07) is 8.12. The van der Waals surface area contributed by atoms with Gasteiger partial charge in [0, 0.05) is 18.5 Å². The number of hydrogen-bond donors (Lipinski definition) is 1. The second-order valence-electron chi connectivity index (χ2n) is 5.07. The molecule has 4 heteroatoms. The standard InChI is InChI=1S/C14H18N4/c1-18-7-6-11(10-18)8-15-14-9-16-17-13-5-3-2-4-12(13)14/h2-5,9,11H,6-8,10H2,1H3,(H,15,17). The molecule has 3 rings (SSSR count). The van der Waals surface area contributed by atoms with Crippen molar-refractivity contribution in [2.45, 2.75) is 6.42 Å². The van der Waals surface area contributed by atoms with Gasteiger partial charge in [-0.15, -0.1) is 0 Å². The number of benzene rings is 1. The van der Waals surface area contributed by atoms with Crippen LogP contribution in [-0.4, -0.2) is 41.8 Å². The number of aromatic nitrogens is 2. The van der Waals surface area contributed by atoms with Gasteiger partial charge in [0.05, 0.1) is 17.4 Å². The number of fused-ring (bicyclic) bond motifs is 1. The molecule has 18 heavy (non-hydrogen) atoms. The van der Waals surface area contributed by atoms with Crippen molar-refractivity contribution in [2.75, 3.05) is 32.0 Å². The first kappa shape index (κ1) is 11.4. The Hall–Kier alpha value is -1.68. The highest BCUT2D eigenvalue weighted by Gasteiger charge is 2.19. The molecule has 1 aromatic heterocycles. The van der Waals surface area contributed by atoms with Crippen LogP contribution in [0.1, 0.15) is 6.42 Å². The fourth-order valence-corrected chi connectivity index (χ4v) is 2.60. The molecule has 1 atom stereocenters. The lowest BCUT2D eigenvalue weighted by atomic mass is 10.1. The molecule has 0 spiro atoms. The molecule has 1 saturated heterocycles. The van der Waals surface area contributed by atoms with Crippen LogP contribution < -0.4 is 5.32 Å². The van der Waals surface area contributed by atoms with E-state index in [1.165, 1.54) is 19.5 Å². The number of likely N-dealkylation sites (tertiary alicyclic amines) is 1. The Morgan fingerprint density at radius 2 is 2.28 bits per heavy atom. The molecule has 0 amide bonds. The molecular weight excluding hydrogens is 224 g/mol. The first-order chi connectivity index (χ1) is 8.83. The van der Waals surface area contributed by atoms with Gasteiger partial charge in [0.25, 0.3) is 0 Å². The van der Waals surface area contributed by atoms with Gasteiger partial charge in [-0.3, -0.25) is 0 Å². The van der Waals surface area contributed by atoms with E-state index in [4.69, 9.17) is 0 Å². The van der Waals surface area contributed by atoms with E-state index in [0.717, 1.165) is 29.1 Å². The molecule has 2 aromatic rings. The molecule has 1 N–H and O–H groups in total. The van der Waals surface area contributed by atoms with Crippen LogP contribution in [0.4, 0.5) is 5.69 Å². The Kier molecular flexibility index (Phi) is 3.11. The summed E-state index contributed by atoms with van der Waals surface area (Å²) in [5.41, 5.74) is 2.04. The van der Waals surface area contributed by atoms with E-state index in [2.05, 4.69) is 33.5 Å². The van der Waals surface area contributed by atoms with Gasteiger partial charge in [0.1, 0.15) is 0 Å². The Labute approximate surface area is 107 Å². The zero-order valence-corrected chi connectivity index (χ0v) is 10.6. The van der Waals surface area contributed by atoms with Crippen LogP contribution in [-0.2, 0) is 0 Å². The Bertz CT molecular complexity index is 535. The van der Waals surface area contributed by atoms with Crippen molar-refractivity contribution >= 4 is 16.6 Å². The van der Waals surface area contributed by atoms with Crippen LogP contribution in [0.2, 0.25) is 0 Å². The van der Waals surface area contributed by atoms with E-state index < -0.39 is 0 Å². The fourth-order valence-electron chi connectivity index (χ4n) is 2.60. The van der Waals surface area contributed by atoms with E-state index in [-0.39, 0.29) is 0 Å². The summed E-state index contributed by atoms with van der Waals surface area (Å²) in [6.45, 7) is 3.41. The number of hydrogen-bond acceptors (Lipinski definition) is 4. The SMILES string of the molecule is CN1CCC(CNc2cnnc3ccccc23)C1. The van der Waals surface area contributed by atoms with Gasteiger partial charge >= 0.3 is 0 Å². The maximum absolute atomic E-state index is 4.14. The van der Waals surface area contributed by atoms with Crippen molar-refractivity contribution in [1.82, 2.24) is 15.1 Å². The third kappa shape index (κ3) is 2.29. The lowest BCUT2D eigenvalue weighted by Crippen LogP contribution is -2.19. The van der Waals surface area contributed by atoms with Gasteiger partial charge < -0.3 is 10.2 Å². The van der Waals surface area contributed by atoms with Crippen molar-refractivity contribution in [3.05, 3.63) is 30.5 Å². The first-order valence-electron chi connectivity index (χ1n) is 6.46. The third-order valence-corrected chi connectivity index (χ3v) is 3.62. The van der Waals surface area contributed by atoms with Gasteiger partial charge in [-0.2, -0.15) is 10.2 Å². The number of nitrogens with zero attached hydrogens (tertiary/aromatic N) is 3. The van der Waals surface area contributed by atoms with Gasteiger partial charge in [0.2, 0.25) is 0 Å². The summed E-state index contributed by atoms with van der Waals surface area (Å²) in [4.78, 5) is 2.38. The van der Waals surface area contributed by atoms with Gasteiger partial charge in [-0.05, 0) is 32.0 Å². The predicted octanol–water partition coefficient (Wildman–Crippen LogP) is 1.99. The van der Waals surface area contributed by atoms with Crippen molar-refractivity contribution in [3.63, 3.8) is 0 Å². The number of nitrogens with one attached hydrogen (secondary N) is 1. The number of anilines is 1. The molecule has 1 aromatic carbocycles. The summed E-state index contributed by atoms with van der Waals surface area (Å²) < 4.78 is 0. The third-order valence-electron chi connectivity index (χ3n) is 3.62. The van der Waals surface area contributed by atoms with Gasteiger partial charge in [-0.25, -0.2) is 0 Å². The summed E-state index contributed by atoms with van der Waals surface area (Å²) in [5.74, 6) is 0.738. The minimum Gasteiger partial charge on any atom is -0.383 e. The van der Waals surface area contributed by atoms with Crippen molar-refractivity contribution in [1.29, 1.82) is 0 Å². The van der Waals surface area contributed by atoms with E-state index in [9.17, 15) is 0 Å². The predicted molar refractivity (Wildman–Crippen MR) is 73.6 cm³/mol. The summed E-state index contributed by atoms with van der Waals surface area (Å²) in [7, 11) is 2.18. The monoisotopic (exact) mass is 242 g/mol. The molecule has 1 unspecified atom stereocenters. The second-order valence-corrected chi connectivity index (χ2v) is 5.07. The van der Waals surface area contributed by atoms with Gasteiger partial charge in [0.15, 0.2) is 0 Å². The van der Waals surface area contributed by atoms with E-state index in [1.54, 1.807) is 0 Å². The highest BCUT2D eigenvalue weighted by molar-refractivity contribution is 5.90. The second kappa shape index (κ2) is 4.90. The van der Waals surface area contributed by atoms with Crippen LogP contribution in [0.25, 0.3) is 10.9 Å². The largest absolute Gasteiger partial charge is 0.383 e. The van der Waals surface area contributed by atoms with Gasteiger partial charge in [-0.1, -0.05) is 18.2 Å². The topological polar surface area (TPSA) is 41.0 Å². The maximum atomic E-state index is 4.14. The Balaban J connectivity index is 1.74. The van der Waals surface area contributed by atoms with Crippen LogP contribution >= 0.6 is 0 Å². The van der Waals surface area contributed by atoms with Crippen LogP contribution in [0.5, 0.6) is 0 Å². The normalized spacial score (nSPS) is 20.4. The average Bonchev–Trinajstić information content (AvgIpc) is 2.82. The lowest BCUT2D eigenvalue weighted by molar-refractivity contribution is 0.399. The molecule has 1 aliphatic rings. The van der Waals surface area contributed by atoms with E-state index in [1.807, 2.05) is 24.4 Å². The highest BCUT2D eigenvalue weighted by Crippen LogP contribution is 2.21. The smallest absolute Gasteiger partial charge is 0.0950 e. The molecule has 1 aliphatic heterocycles. The molecule has 94 valence electrons. The zero-order chi connectivity index (χ0) is 12.4. The Morgan fingerprint density at radius 3 is 3.11 bits per heavy atom. The fraction of sp³-hybridized carbons (Fsp3) is 0.429. The first-order valence-corrected chi connectivity index (χ1v) is 6.46. The summed E-state index contributed by atoms with van der Waals surface area (Å²) in [6.07, 6.45) is 3.10. The van der Waals surface area contributed by atoms with Crippen molar-refractivity contribution in [2.24, 2.45) is 5.92 Å². The molecule has 2 heterocycles. The van der Waals surface area contributed by atoms with Crippen LogP contribution in [0.15, 0.2) is 30.5 Å². The van der Waals surface area contributed by atoms with Crippen LogP contribution in [0.3, 0.4) is 0 Å². The molecule has 0 saturated carbocycles. The maximum Gasteiger partial charge on any atom is 0.0950 e. The molecule has 0 radical (unpaired) electrons. The Morgan fingerprint density at radius 1 is 1.39 bits per heavy atom. The van der Waals surface area contributed by atoms with Crippen molar-refractivity contribution in [3.8, 4) is 0 Å². The molecule has 1 fully saturated rings. The summed E-state index contributed by atoms with van der Waals surface area (Å²) in [5, 5.41) is 12.9. The molecule has 0 aliphatic carbocycles. The lowest BCUT2D eigenvalue weighted by Gasteiger charge is -2.13.